The maximum atomic E-state index is 15.1. The number of carboxylic acid groups (broad SMARTS) is 1. The van der Waals surface area contributed by atoms with Crippen LogP contribution in [0.2, 0.25) is 0 Å². The molecule has 1 saturated carbocycles. The normalized spacial score (nSPS) is 21.2. The van der Waals surface area contributed by atoms with E-state index in [0.29, 0.717) is 45.1 Å². The number of rotatable bonds is 10. The molecule has 0 aliphatic heterocycles. The molecule has 0 aromatic heterocycles. The first kappa shape index (κ1) is 23.4. The second kappa shape index (κ2) is 10.9. The van der Waals surface area contributed by atoms with Crippen molar-refractivity contribution < 1.29 is 23.4 Å². The lowest BCUT2D eigenvalue weighted by molar-refractivity contribution is -0.146. The molecule has 0 radical (unpaired) electrons. The minimum Gasteiger partial charge on any atom is -0.481 e. The second-order valence-corrected chi connectivity index (χ2v) is 8.61. The standard InChI is InChI=1S/C26H32F2O3/c1-2-3-4-17-31-22-13-15-26(16-14-22,25(29)30)23-12-9-20(18-24(23)28)6-5-19-7-10-21(27)11-8-19/h7-12,18,22H,2-6,13-17H2,1H3,(H,29,30). The Hall–Kier alpha value is -2.27. The second-order valence-electron chi connectivity index (χ2n) is 8.61. The summed E-state index contributed by atoms with van der Waals surface area (Å²) in [5.74, 6) is -1.70. The number of unbranched alkanes of at least 4 members (excludes halogenated alkanes) is 2. The van der Waals surface area contributed by atoms with Gasteiger partial charge in [0.1, 0.15) is 11.6 Å². The zero-order valence-corrected chi connectivity index (χ0v) is 18.2. The lowest BCUT2D eigenvalue weighted by Gasteiger charge is -2.37. The number of aliphatic carboxylic acids is 1. The minimum absolute atomic E-state index is 0.0578. The summed E-state index contributed by atoms with van der Waals surface area (Å²) in [7, 11) is 0. The molecule has 0 spiro atoms. The topological polar surface area (TPSA) is 46.5 Å². The summed E-state index contributed by atoms with van der Waals surface area (Å²) in [6, 6.07) is 11.2. The third kappa shape index (κ3) is 5.91. The monoisotopic (exact) mass is 430 g/mol. The van der Waals surface area contributed by atoms with Crippen LogP contribution in [0.15, 0.2) is 42.5 Å². The van der Waals surface area contributed by atoms with Crippen molar-refractivity contribution >= 4 is 5.97 Å². The van der Waals surface area contributed by atoms with Crippen molar-refractivity contribution in [1.29, 1.82) is 0 Å². The molecule has 0 unspecified atom stereocenters. The molecule has 0 amide bonds. The van der Waals surface area contributed by atoms with Crippen molar-refractivity contribution in [3.63, 3.8) is 0 Å². The third-order valence-corrected chi connectivity index (χ3v) is 6.46. The molecule has 2 aromatic rings. The van der Waals surface area contributed by atoms with Crippen LogP contribution >= 0.6 is 0 Å². The van der Waals surface area contributed by atoms with Gasteiger partial charge in [0.25, 0.3) is 0 Å². The van der Waals surface area contributed by atoms with Crippen molar-refractivity contribution in [2.24, 2.45) is 0 Å². The summed E-state index contributed by atoms with van der Waals surface area (Å²) < 4.78 is 34.0. The van der Waals surface area contributed by atoms with Gasteiger partial charge >= 0.3 is 5.97 Å². The van der Waals surface area contributed by atoms with E-state index < -0.39 is 17.2 Å². The van der Waals surface area contributed by atoms with E-state index in [4.69, 9.17) is 4.74 Å². The summed E-state index contributed by atoms with van der Waals surface area (Å²) in [5, 5.41) is 10.0. The zero-order valence-electron chi connectivity index (χ0n) is 18.2. The fourth-order valence-corrected chi connectivity index (χ4v) is 4.49. The maximum Gasteiger partial charge on any atom is 0.314 e. The molecular weight excluding hydrogens is 398 g/mol. The van der Waals surface area contributed by atoms with Gasteiger partial charge in [-0.05, 0) is 74.3 Å². The Morgan fingerprint density at radius 3 is 2.29 bits per heavy atom. The Bertz CT molecular complexity index is 855. The maximum absolute atomic E-state index is 15.1. The lowest BCUT2D eigenvalue weighted by Crippen LogP contribution is -2.42. The van der Waals surface area contributed by atoms with Crippen molar-refractivity contribution in [3.05, 3.63) is 70.8 Å². The fraction of sp³-hybridized carbons (Fsp3) is 0.500. The van der Waals surface area contributed by atoms with Gasteiger partial charge in [0.2, 0.25) is 0 Å². The molecule has 1 N–H and O–H groups in total. The van der Waals surface area contributed by atoms with Crippen molar-refractivity contribution in [2.45, 2.75) is 76.2 Å². The Balaban J connectivity index is 1.65. The van der Waals surface area contributed by atoms with Crippen LogP contribution in [0.25, 0.3) is 0 Å². The number of halogens is 2. The highest BCUT2D eigenvalue weighted by atomic mass is 19.1. The van der Waals surface area contributed by atoms with E-state index in [1.165, 1.54) is 18.2 Å². The van der Waals surface area contributed by atoms with Gasteiger partial charge in [-0.3, -0.25) is 4.79 Å². The van der Waals surface area contributed by atoms with Crippen molar-refractivity contribution in [3.8, 4) is 0 Å². The molecular formula is C26H32F2O3. The van der Waals surface area contributed by atoms with Crippen LogP contribution < -0.4 is 0 Å². The number of hydrogen-bond donors (Lipinski definition) is 1. The summed E-state index contributed by atoms with van der Waals surface area (Å²) >= 11 is 0. The van der Waals surface area contributed by atoms with Gasteiger partial charge in [-0.2, -0.15) is 0 Å². The molecule has 3 nitrogen and oxygen atoms in total. The molecule has 0 saturated heterocycles. The molecule has 2 aromatic carbocycles. The van der Waals surface area contributed by atoms with Gasteiger partial charge in [0, 0.05) is 12.2 Å². The van der Waals surface area contributed by atoms with E-state index in [2.05, 4.69) is 6.92 Å². The van der Waals surface area contributed by atoms with E-state index in [9.17, 15) is 14.3 Å². The van der Waals surface area contributed by atoms with E-state index in [1.807, 2.05) is 6.07 Å². The third-order valence-electron chi connectivity index (χ3n) is 6.46. The smallest absolute Gasteiger partial charge is 0.314 e. The molecule has 0 atom stereocenters. The largest absolute Gasteiger partial charge is 0.481 e. The van der Waals surface area contributed by atoms with Crippen molar-refractivity contribution in [2.75, 3.05) is 6.61 Å². The molecule has 1 fully saturated rings. The number of carboxylic acids is 1. The van der Waals surface area contributed by atoms with Gasteiger partial charge < -0.3 is 9.84 Å². The van der Waals surface area contributed by atoms with Gasteiger partial charge in [-0.1, -0.05) is 44.0 Å². The fourth-order valence-electron chi connectivity index (χ4n) is 4.49. The van der Waals surface area contributed by atoms with Gasteiger partial charge in [-0.15, -0.1) is 0 Å². The van der Waals surface area contributed by atoms with Crippen LogP contribution in [0.1, 0.15) is 68.6 Å². The van der Waals surface area contributed by atoms with E-state index in [1.54, 1.807) is 18.2 Å². The van der Waals surface area contributed by atoms with Crippen LogP contribution in [0.3, 0.4) is 0 Å². The van der Waals surface area contributed by atoms with Crippen LogP contribution in [0, 0.1) is 11.6 Å². The van der Waals surface area contributed by atoms with Crippen LogP contribution in [-0.2, 0) is 27.8 Å². The van der Waals surface area contributed by atoms with E-state index in [-0.39, 0.29) is 17.5 Å². The Labute approximate surface area is 183 Å². The Morgan fingerprint density at radius 2 is 1.68 bits per heavy atom. The van der Waals surface area contributed by atoms with E-state index in [0.717, 1.165) is 30.4 Å². The molecule has 0 heterocycles. The first-order valence-corrected chi connectivity index (χ1v) is 11.3. The summed E-state index contributed by atoms with van der Waals surface area (Å²) in [6.07, 6.45) is 6.64. The SMILES string of the molecule is CCCCCOC1CCC(C(=O)O)(c2ccc(CCc3ccc(F)cc3)cc2F)CC1. The molecule has 31 heavy (non-hydrogen) atoms. The molecule has 3 rings (SSSR count). The summed E-state index contributed by atoms with van der Waals surface area (Å²) in [6.45, 7) is 2.85. The van der Waals surface area contributed by atoms with Crippen LogP contribution in [-0.4, -0.2) is 23.8 Å². The van der Waals surface area contributed by atoms with Crippen molar-refractivity contribution in [1.82, 2.24) is 0 Å². The number of hydrogen-bond acceptors (Lipinski definition) is 2. The predicted molar refractivity (Wildman–Crippen MR) is 117 cm³/mol. The van der Waals surface area contributed by atoms with Gasteiger partial charge in [-0.25, -0.2) is 8.78 Å². The molecule has 1 aliphatic carbocycles. The number of aryl methyl sites for hydroxylation is 2. The first-order chi connectivity index (χ1) is 14.9. The number of benzene rings is 2. The molecule has 168 valence electrons. The molecule has 1 aliphatic rings. The zero-order chi connectivity index (χ0) is 22.3. The summed E-state index contributed by atoms with van der Waals surface area (Å²) in [4.78, 5) is 12.2. The van der Waals surface area contributed by atoms with Crippen LogP contribution in [0.5, 0.6) is 0 Å². The number of ether oxygens (including phenoxy) is 1. The Morgan fingerprint density at radius 1 is 1.03 bits per heavy atom. The molecule has 5 heteroatoms. The number of carbonyl (C=O) groups is 1. The first-order valence-electron chi connectivity index (χ1n) is 11.3. The molecule has 0 bridgehead atoms. The highest BCUT2D eigenvalue weighted by molar-refractivity contribution is 5.81. The van der Waals surface area contributed by atoms with Gasteiger partial charge in [0.05, 0.1) is 11.5 Å². The predicted octanol–water partition coefficient (Wildman–Crippen LogP) is 6.22. The average molecular weight is 431 g/mol. The minimum atomic E-state index is -1.19. The van der Waals surface area contributed by atoms with E-state index >= 15 is 4.39 Å². The van der Waals surface area contributed by atoms with Gasteiger partial charge in [0.15, 0.2) is 0 Å². The average Bonchev–Trinajstić information content (AvgIpc) is 2.77. The summed E-state index contributed by atoms with van der Waals surface area (Å²) in [5.41, 5.74) is 0.863. The van der Waals surface area contributed by atoms with Crippen LogP contribution in [0.4, 0.5) is 8.78 Å². The lowest BCUT2D eigenvalue weighted by atomic mass is 9.68. The Kier molecular flexibility index (Phi) is 8.19. The highest BCUT2D eigenvalue weighted by Crippen LogP contribution is 2.42. The highest BCUT2D eigenvalue weighted by Gasteiger charge is 2.45. The quantitative estimate of drug-likeness (QED) is 0.455.